The Hall–Kier alpha value is -5.93. The second-order valence-electron chi connectivity index (χ2n) is 11.3. The Morgan fingerprint density at radius 3 is 1.61 bits per heavy atom. The van der Waals surface area contributed by atoms with Gasteiger partial charge in [-0.1, -0.05) is 91.0 Å². The maximum Gasteiger partial charge on any atom is 0.138 e. The summed E-state index contributed by atoms with van der Waals surface area (Å²) in [6.45, 7) is 0. The van der Waals surface area contributed by atoms with Gasteiger partial charge in [-0.3, -0.25) is 4.98 Å². The van der Waals surface area contributed by atoms with E-state index in [1.54, 1.807) is 6.20 Å². The minimum Gasteiger partial charge on any atom is -0.456 e. The highest BCUT2D eigenvalue weighted by Crippen LogP contribution is 2.36. The molecule has 0 spiro atoms. The number of hydrogen-bond donors (Lipinski definition) is 0. The summed E-state index contributed by atoms with van der Waals surface area (Å²) in [6.07, 6.45) is 3.65. The molecular weight excluding hydrogens is 536 g/mol. The van der Waals surface area contributed by atoms with Crippen molar-refractivity contribution in [3.05, 3.63) is 158 Å². The lowest BCUT2D eigenvalue weighted by molar-refractivity contribution is 0.668. The summed E-state index contributed by atoms with van der Waals surface area (Å²) in [5.41, 5.74) is 12.4. The van der Waals surface area contributed by atoms with Crippen molar-refractivity contribution in [3.63, 3.8) is 0 Å². The third-order valence-electron chi connectivity index (χ3n) is 8.68. The highest BCUT2D eigenvalue weighted by atomic mass is 16.3. The molecule has 206 valence electrons. The van der Waals surface area contributed by atoms with Crippen LogP contribution in [-0.4, -0.2) is 9.55 Å². The SMILES string of the molecule is c1cc(-c2cccc(-c3ccc4oc5ccncc5c4c3)c2)cc(-c2cccc(-n3c4ccccc4c4ccccc43)c2)c1. The average molecular weight is 563 g/mol. The van der Waals surface area contributed by atoms with Gasteiger partial charge in [0.25, 0.3) is 0 Å². The Balaban J connectivity index is 1.11. The zero-order valence-corrected chi connectivity index (χ0v) is 23.8. The first-order valence-corrected chi connectivity index (χ1v) is 14.9. The van der Waals surface area contributed by atoms with Gasteiger partial charge in [0.15, 0.2) is 0 Å². The third-order valence-corrected chi connectivity index (χ3v) is 8.68. The Labute approximate surface area is 254 Å². The van der Waals surface area contributed by atoms with Crippen LogP contribution in [0.5, 0.6) is 0 Å². The van der Waals surface area contributed by atoms with Crippen LogP contribution in [0.15, 0.2) is 162 Å². The number of para-hydroxylation sites is 2. The molecule has 0 bridgehead atoms. The van der Waals surface area contributed by atoms with Crippen LogP contribution >= 0.6 is 0 Å². The van der Waals surface area contributed by atoms with Crippen LogP contribution in [0.4, 0.5) is 0 Å². The zero-order chi connectivity index (χ0) is 29.0. The Bertz CT molecular complexity index is 2460. The lowest BCUT2D eigenvalue weighted by atomic mass is 9.95. The van der Waals surface area contributed by atoms with Crippen molar-refractivity contribution in [1.29, 1.82) is 0 Å². The van der Waals surface area contributed by atoms with Gasteiger partial charge in [0.2, 0.25) is 0 Å². The largest absolute Gasteiger partial charge is 0.456 e. The summed E-state index contributed by atoms with van der Waals surface area (Å²) >= 11 is 0. The third kappa shape index (κ3) is 3.94. The predicted molar refractivity (Wildman–Crippen MR) is 182 cm³/mol. The number of nitrogens with zero attached hydrogens (tertiary/aromatic N) is 2. The first-order chi connectivity index (χ1) is 21.8. The number of furan rings is 1. The van der Waals surface area contributed by atoms with Crippen LogP contribution in [0, 0.1) is 0 Å². The molecule has 9 aromatic rings. The molecule has 0 atom stereocenters. The minimum atomic E-state index is 0.861. The van der Waals surface area contributed by atoms with Gasteiger partial charge in [-0.05, 0) is 88.0 Å². The van der Waals surface area contributed by atoms with Crippen molar-refractivity contribution in [2.75, 3.05) is 0 Å². The smallest absolute Gasteiger partial charge is 0.138 e. The van der Waals surface area contributed by atoms with Crippen molar-refractivity contribution in [1.82, 2.24) is 9.55 Å². The van der Waals surface area contributed by atoms with Gasteiger partial charge in [-0.2, -0.15) is 0 Å². The van der Waals surface area contributed by atoms with Crippen molar-refractivity contribution < 1.29 is 4.42 Å². The molecule has 44 heavy (non-hydrogen) atoms. The number of fused-ring (bicyclic) bond motifs is 6. The monoisotopic (exact) mass is 562 g/mol. The van der Waals surface area contributed by atoms with E-state index in [0.29, 0.717) is 0 Å². The lowest BCUT2D eigenvalue weighted by Gasteiger charge is -2.12. The number of aromatic nitrogens is 2. The van der Waals surface area contributed by atoms with Gasteiger partial charge in [0.05, 0.1) is 11.0 Å². The summed E-state index contributed by atoms with van der Waals surface area (Å²) < 4.78 is 8.40. The van der Waals surface area contributed by atoms with E-state index < -0.39 is 0 Å². The minimum absolute atomic E-state index is 0.861. The maximum absolute atomic E-state index is 6.02. The fraction of sp³-hybridized carbons (Fsp3) is 0. The van der Waals surface area contributed by atoms with Crippen LogP contribution in [0.3, 0.4) is 0 Å². The van der Waals surface area contributed by atoms with E-state index in [9.17, 15) is 0 Å². The maximum atomic E-state index is 6.02. The van der Waals surface area contributed by atoms with Gasteiger partial charge in [-0.25, -0.2) is 0 Å². The Morgan fingerprint density at radius 2 is 0.955 bits per heavy atom. The normalized spacial score (nSPS) is 11.6. The van der Waals surface area contributed by atoms with E-state index in [0.717, 1.165) is 33.2 Å². The van der Waals surface area contributed by atoms with E-state index in [1.807, 2.05) is 12.3 Å². The number of hydrogen-bond acceptors (Lipinski definition) is 2. The van der Waals surface area contributed by atoms with E-state index in [-0.39, 0.29) is 0 Å². The summed E-state index contributed by atoms with van der Waals surface area (Å²) in [4.78, 5) is 4.31. The van der Waals surface area contributed by atoms with E-state index in [4.69, 9.17) is 4.42 Å². The summed E-state index contributed by atoms with van der Waals surface area (Å²) in [5.74, 6) is 0. The molecule has 0 fully saturated rings. The molecule has 0 aliphatic carbocycles. The number of pyridine rings is 1. The van der Waals surface area contributed by atoms with Gasteiger partial charge in [0.1, 0.15) is 11.2 Å². The first kappa shape index (κ1) is 24.6. The molecule has 3 heterocycles. The van der Waals surface area contributed by atoms with Gasteiger partial charge in [-0.15, -0.1) is 0 Å². The summed E-state index contributed by atoms with van der Waals surface area (Å²) in [7, 11) is 0. The Morgan fingerprint density at radius 1 is 0.409 bits per heavy atom. The second kappa shape index (κ2) is 9.82. The van der Waals surface area contributed by atoms with Crippen molar-refractivity contribution in [2.24, 2.45) is 0 Å². The van der Waals surface area contributed by atoms with Gasteiger partial charge >= 0.3 is 0 Å². The Kier molecular flexibility index (Phi) is 5.50. The van der Waals surface area contributed by atoms with Crippen LogP contribution in [0.2, 0.25) is 0 Å². The highest BCUT2D eigenvalue weighted by molar-refractivity contribution is 6.09. The molecule has 3 nitrogen and oxygen atoms in total. The van der Waals surface area contributed by atoms with Crippen molar-refractivity contribution in [3.8, 4) is 39.1 Å². The molecule has 3 aromatic heterocycles. The second-order valence-corrected chi connectivity index (χ2v) is 11.3. The average Bonchev–Trinajstić information content (AvgIpc) is 3.64. The van der Waals surface area contributed by atoms with Crippen LogP contribution in [-0.2, 0) is 0 Å². The molecule has 0 amide bonds. The predicted octanol–water partition coefficient (Wildman–Crippen LogP) is 11.1. The molecule has 0 aliphatic rings. The summed E-state index contributed by atoms with van der Waals surface area (Å²) in [6, 6.07) is 52.1. The van der Waals surface area contributed by atoms with Gasteiger partial charge < -0.3 is 8.98 Å². The fourth-order valence-corrected chi connectivity index (χ4v) is 6.58. The molecule has 0 unspecified atom stereocenters. The van der Waals surface area contributed by atoms with E-state index >= 15 is 0 Å². The van der Waals surface area contributed by atoms with Gasteiger partial charge in [0, 0.05) is 39.6 Å². The highest BCUT2D eigenvalue weighted by Gasteiger charge is 2.13. The molecule has 6 aromatic carbocycles. The molecular formula is C41H26N2O. The molecule has 0 N–H and O–H groups in total. The van der Waals surface area contributed by atoms with Crippen LogP contribution in [0.25, 0.3) is 82.8 Å². The number of rotatable bonds is 4. The molecule has 9 rings (SSSR count). The topological polar surface area (TPSA) is 31.0 Å². The molecule has 0 radical (unpaired) electrons. The molecule has 0 saturated heterocycles. The fourth-order valence-electron chi connectivity index (χ4n) is 6.58. The summed E-state index contributed by atoms with van der Waals surface area (Å²) in [5, 5.41) is 4.66. The van der Waals surface area contributed by atoms with Crippen molar-refractivity contribution >= 4 is 43.7 Å². The van der Waals surface area contributed by atoms with Crippen LogP contribution in [0.1, 0.15) is 0 Å². The number of benzene rings is 6. The quantitative estimate of drug-likeness (QED) is 0.214. The van der Waals surface area contributed by atoms with E-state index in [1.165, 1.54) is 49.6 Å². The zero-order valence-electron chi connectivity index (χ0n) is 23.8. The van der Waals surface area contributed by atoms with E-state index in [2.05, 4.69) is 149 Å². The first-order valence-electron chi connectivity index (χ1n) is 14.9. The molecule has 3 heteroatoms. The van der Waals surface area contributed by atoms with Crippen molar-refractivity contribution in [2.45, 2.75) is 0 Å². The standard InChI is InChI=1S/C41H26N2O/c1-3-16-38-34(14-1)35-15-2-4-17-39(35)43(38)33-13-7-12-31(24-33)29-10-5-8-27(22-29)28-9-6-11-30(23-28)32-18-19-40-36(25-32)37-26-42-21-20-41(37)44-40/h1-26H. The lowest BCUT2D eigenvalue weighted by Crippen LogP contribution is -1.94. The molecule has 0 saturated carbocycles. The van der Waals surface area contributed by atoms with Crippen LogP contribution < -0.4 is 0 Å². The molecule has 0 aliphatic heterocycles.